The van der Waals surface area contributed by atoms with Gasteiger partial charge in [0.1, 0.15) is 5.75 Å². The number of hydrogen-bond acceptors (Lipinski definition) is 5. The number of anilines is 2. The van der Waals surface area contributed by atoms with Crippen LogP contribution < -0.4 is 20.1 Å². The highest BCUT2D eigenvalue weighted by molar-refractivity contribution is 7.92. The molecular weight excluding hydrogens is 426 g/mol. The maximum atomic E-state index is 12.6. The van der Waals surface area contributed by atoms with Gasteiger partial charge in [-0.3, -0.25) is 9.52 Å². The minimum absolute atomic E-state index is 0.0787. The first-order valence-electron chi connectivity index (χ1n) is 10.4. The lowest BCUT2D eigenvalue weighted by molar-refractivity contribution is 0.0953. The number of nitrogens with one attached hydrogen (secondary N) is 3. The first-order valence-corrected chi connectivity index (χ1v) is 11.9. The molecule has 0 spiro atoms. The van der Waals surface area contributed by atoms with E-state index in [-0.39, 0.29) is 10.8 Å². The van der Waals surface area contributed by atoms with Crippen molar-refractivity contribution < 1.29 is 17.9 Å². The fourth-order valence-electron chi connectivity index (χ4n) is 2.97. The maximum absolute atomic E-state index is 12.6. The predicted octanol–water partition coefficient (Wildman–Crippen LogP) is 4.12. The lowest BCUT2D eigenvalue weighted by atomic mass is 10.2. The first-order chi connectivity index (χ1) is 15.5. The van der Waals surface area contributed by atoms with Gasteiger partial charge >= 0.3 is 0 Å². The maximum Gasteiger partial charge on any atom is 0.261 e. The Balaban J connectivity index is 1.49. The fourth-order valence-corrected chi connectivity index (χ4v) is 4.03. The van der Waals surface area contributed by atoms with Crippen molar-refractivity contribution in [1.82, 2.24) is 5.32 Å². The Morgan fingerprint density at radius 3 is 2.19 bits per heavy atom. The molecule has 0 aromatic heterocycles. The average Bonchev–Trinajstić information content (AvgIpc) is 2.81. The molecule has 0 saturated carbocycles. The monoisotopic (exact) mass is 453 g/mol. The van der Waals surface area contributed by atoms with Crippen LogP contribution in [0.25, 0.3) is 0 Å². The van der Waals surface area contributed by atoms with Crippen LogP contribution in [-0.4, -0.2) is 34.0 Å². The van der Waals surface area contributed by atoms with Crippen molar-refractivity contribution in [2.24, 2.45) is 0 Å². The summed E-state index contributed by atoms with van der Waals surface area (Å²) in [6.07, 6.45) is 0.763. The van der Waals surface area contributed by atoms with Gasteiger partial charge in [0.05, 0.1) is 11.5 Å². The van der Waals surface area contributed by atoms with Crippen molar-refractivity contribution in [1.29, 1.82) is 0 Å². The molecule has 0 fully saturated rings. The Labute approximate surface area is 188 Å². The SMILES string of the molecule is CCOc1ccc(NS(=O)(=O)c2ccc(C(=O)NCCCNc3ccccc3)cc2)cc1. The third kappa shape index (κ3) is 6.75. The zero-order valence-corrected chi connectivity index (χ0v) is 18.7. The van der Waals surface area contributed by atoms with E-state index in [0.717, 1.165) is 18.7 Å². The smallest absolute Gasteiger partial charge is 0.261 e. The molecule has 0 aliphatic carbocycles. The normalized spacial score (nSPS) is 10.9. The van der Waals surface area contributed by atoms with Crippen molar-refractivity contribution in [2.75, 3.05) is 29.7 Å². The highest BCUT2D eigenvalue weighted by Gasteiger charge is 2.15. The minimum Gasteiger partial charge on any atom is -0.494 e. The summed E-state index contributed by atoms with van der Waals surface area (Å²) in [5.74, 6) is 0.426. The molecule has 0 aliphatic heterocycles. The Morgan fingerprint density at radius 1 is 0.844 bits per heavy atom. The molecule has 1 amide bonds. The molecule has 32 heavy (non-hydrogen) atoms. The lowest BCUT2D eigenvalue weighted by Crippen LogP contribution is -2.25. The number of carbonyl (C=O) groups is 1. The van der Waals surface area contributed by atoms with Crippen LogP contribution >= 0.6 is 0 Å². The van der Waals surface area contributed by atoms with Gasteiger partial charge < -0.3 is 15.4 Å². The zero-order chi connectivity index (χ0) is 22.8. The molecule has 3 rings (SSSR count). The first kappa shape index (κ1) is 23.1. The van der Waals surface area contributed by atoms with E-state index in [0.29, 0.717) is 30.2 Å². The van der Waals surface area contributed by atoms with Gasteiger partial charge in [0, 0.05) is 30.0 Å². The molecule has 168 valence electrons. The second-order valence-corrected chi connectivity index (χ2v) is 8.67. The van der Waals surface area contributed by atoms with Crippen LogP contribution in [0, 0.1) is 0 Å². The number of rotatable bonds is 11. The van der Waals surface area contributed by atoms with Gasteiger partial charge in [-0.2, -0.15) is 0 Å². The van der Waals surface area contributed by atoms with Crippen molar-refractivity contribution in [3.05, 3.63) is 84.4 Å². The molecule has 7 nitrogen and oxygen atoms in total. The predicted molar refractivity (Wildman–Crippen MR) is 127 cm³/mol. The number of para-hydroxylation sites is 1. The van der Waals surface area contributed by atoms with Crippen molar-refractivity contribution >= 4 is 27.3 Å². The molecule has 0 bridgehead atoms. The summed E-state index contributed by atoms with van der Waals surface area (Å²) in [5, 5.41) is 6.12. The number of benzene rings is 3. The number of sulfonamides is 1. The summed E-state index contributed by atoms with van der Waals surface area (Å²) in [4.78, 5) is 12.4. The summed E-state index contributed by atoms with van der Waals surface area (Å²) in [6.45, 7) is 3.66. The van der Waals surface area contributed by atoms with E-state index in [1.807, 2.05) is 37.3 Å². The summed E-state index contributed by atoms with van der Waals surface area (Å²) in [7, 11) is -3.76. The number of carbonyl (C=O) groups excluding carboxylic acids is 1. The van der Waals surface area contributed by atoms with Gasteiger partial charge in [-0.15, -0.1) is 0 Å². The number of amides is 1. The molecule has 3 N–H and O–H groups in total. The molecular formula is C24H27N3O4S. The van der Waals surface area contributed by atoms with Crippen LogP contribution in [0.1, 0.15) is 23.7 Å². The van der Waals surface area contributed by atoms with Crippen molar-refractivity contribution in [3.8, 4) is 5.75 Å². The second-order valence-electron chi connectivity index (χ2n) is 6.99. The molecule has 0 atom stereocenters. The quantitative estimate of drug-likeness (QED) is 0.380. The minimum atomic E-state index is -3.76. The van der Waals surface area contributed by atoms with Gasteiger partial charge in [0.25, 0.3) is 15.9 Å². The Bertz CT molecular complexity index is 1100. The van der Waals surface area contributed by atoms with E-state index < -0.39 is 10.0 Å². The van der Waals surface area contributed by atoms with E-state index >= 15 is 0 Å². The van der Waals surface area contributed by atoms with E-state index in [4.69, 9.17) is 4.74 Å². The standard InChI is InChI=1S/C24H27N3O4S/c1-2-31-22-13-11-21(12-14-22)27-32(29,30)23-15-9-19(10-16-23)24(28)26-18-6-17-25-20-7-4-3-5-8-20/h3-5,7-16,25,27H,2,6,17-18H2,1H3,(H,26,28). The van der Waals surface area contributed by atoms with E-state index in [1.165, 1.54) is 24.3 Å². The van der Waals surface area contributed by atoms with Gasteiger partial charge in [-0.25, -0.2) is 8.42 Å². The van der Waals surface area contributed by atoms with Gasteiger partial charge in [0.2, 0.25) is 0 Å². The van der Waals surface area contributed by atoms with Gasteiger partial charge in [0.15, 0.2) is 0 Å². The second kappa shape index (κ2) is 11.2. The number of ether oxygens (including phenoxy) is 1. The van der Waals surface area contributed by atoms with Gasteiger partial charge in [-0.05, 0) is 74.0 Å². The highest BCUT2D eigenvalue weighted by Crippen LogP contribution is 2.20. The summed E-state index contributed by atoms with van der Waals surface area (Å²) in [6, 6.07) is 22.4. The van der Waals surface area contributed by atoms with E-state index in [9.17, 15) is 13.2 Å². The van der Waals surface area contributed by atoms with Gasteiger partial charge in [-0.1, -0.05) is 18.2 Å². The van der Waals surface area contributed by atoms with Crippen LogP contribution in [0.15, 0.2) is 83.8 Å². The third-order valence-corrected chi connectivity index (χ3v) is 5.98. The van der Waals surface area contributed by atoms with E-state index in [2.05, 4.69) is 15.4 Å². The van der Waals surface area contributed by atoms with Crippen molar-refractivity contribution in [3.63, 3.8) is 0 Å². The van der Waals surface area contributed by atoms with Crippen LogP contribution in [0.4, 0.5) is 11.4 Å². The van der Waals surface area contributed by atoms with Crippen LogP contribution in [0.5, 0.6) is 5.75 Å². The molecule has 0 unspecified atom stereocenters. The molecule has 0 aliphatic rings. The average molecular weight is 454 g/mol. The molecule has 3 aromatic rings. The molecule has 3 aromatic carbocycles. The van der Waals surface area contributed by atoms with Crippen LogP contribution in [-0.2, 0) is 10.0 Å². The topological polar surface area (TPSA) is 96.5 Å². The molecule has 8 heteroatoms. The highest BCUT2D eigenvalue weighted by atomic mass is 32.2. The summed E-state index contributed by atoms with van der Waals surface area (Å²) in [5.41, 5.74) is 1.87. The van der Waals surface area contributed by atoms with Crippen LogP contribution in [0.2, 0.25) is 0 Å². The number of hydrogen-bond donors (Lipinski definition) is 3. The Kier molecular flexibility index (Phi) is 8.10. The molecule has 0 radical (unpaired) electrons. The largest absolute Gasteiger partial charge is 0.494 e. The lowest BCUT2D eigenvalue weighted by Gasteiger charge is -2.10. The van der Waals surface area contributed by atoms with Crippen molar-refractivity contribution in [2.45, 2.75) is 18.2 Å². The van der Waals surface area contributed by atoms with Crippen LogP contribution in [0.3, 0.4) is 0 Å². The molecule has 0 heterocycles. The summed E-state index contributed by atoms with van der Waals surface area (Å²) >= 11 is 0. The summed E-state index contributed by atoms with van der Waals surface area (Å²) < 4.78 is 33.1. The third-order valence-electron chi connectivity index (χ3n) is 4.59. The fraction of sp³-hybridized carbons (Fsp3) is 0.208. The Hall–Kier alpha value is -3.52. The molecule has 0 saturated heterocycles. The van der Waals surface area contributed by atoms with E-state index in [1.54, 1.807) is 24.3 Å². The Morgan fingerprint density at radius 2 is 1.53 bits per heavy atom. The zero-order valence-electron chi connectivity index (χ0n) is 17.9.